The van der Waals surface area contributed by atoms with Crippen LogP contribution in [0.3, 0.4) is 0 Å². The van der Waals surface area contributed by atoms with Crippen LogP contribution in [0.5, 0.6) is 0 Å². The second-order valence-corrected chi connectivity index (χ2v) is 10.9. The van der Waals surface area contributed by atoms with Crippen LogP contribution in [0.25, 0.3) is 0 Å². The Balaban J connectivity index is 1.64. The van der Waals surface area contributed by atoms with Crippen molar-refractivity contribution in [2.24, 2.45) is 11.3 Å². The van der Waals surface area contributed by atoms with Gasteiger partial charge in [-0.3, -0.25) is 24.0 Å². The highest BCUT2D eigenvalue weighted by molar-refractivity contribution is 6.35. The lowest BCUT2D eigenvalue weighted by Crippen LogP contribution is -2.77. The number of nitrogens with one attached hydrogen (secondary N) is 4. The second kappa shape index (κ2) is 9.00. The molecule has 10 nitrogen and oxygen atoms in total. The normalized spacial score (nSPS) is 29.6. The summed E-state index contributed by atoms with van der Waals surface area (Å²) in [7, 11) is 0. The van der Waals surface area contributed by atoms with E-state index in [1.54, 1.807) is 0 Å². The van der Waals surface area contributed by atoms with E-state index in [4.69, 9.17) is 0 Å². The quantitative estimate of drug-likeness (QED) is 0.280. The highest BCUT2D eigenvalue weighted by atomic mass is 19.1. The van der Waals surface area contributed by atoms with Gasteiger partial charge in [-0.05, 0) is 24.7 Å². The zero-order valence-electron chi connectivity index (χ0n) is 19.3. The molecule has 4 amide bonds. The van der Waals surface area contributed by atoms with Crippen molar-refractivity contribution >= 4 is 29.4 Å². The van der Waals surface area contributed by atoms with Gasteiger partial charge >= 0.3 is 11.8 Å². The van der Waals surface area contributed by atoms with Gasteiger partial charge in [0.2, 0.25) is 11.8 Å². The molecule has 0 radical (unpaired) electrons. The molecule has 11 heteroatoms. The van der Waals surface area contributed by atoms with Gasteiger partial charge in [0.1, 0.15) is 18.3 Å². The topological polar surface area (TPSA) is 154 Å². The molecule has 1 saturated heterocycles. The Morgan fingerprint density at radius 2 is 1.76 bits per heavy atom. The summed E-state index contributed by atoms with van der Waals surface area (Å²) in [5.74, 6) is -3.99. The van der Waals surface area contributed by atoms with Crippen LogP contribution in [-0.4, -0.2) is 71.0 Å². The van der Waals surface area contributed by atoms with Gasteiger partial charge in [0, 0.05) is 37.3 Å². The summed E-state index contributed by atoms with van der Waals surface area (Å²) in [5, 5.41) is 19.5. The highest BCUT2D eigenvalue weighted by Gasteiger charge is 2.70. The molecule has 0 aromatic heterocycles. The van der Waals surface area contributed by atoms with Crippen molar-refractivity contribution in [3.8, 4) is 0 Å². The Hall–Kier alpha value is -2.56. The summed E-state index contributed by atoms with van der Waals surface area (Å²) in [4.78, 5) is 62.0. The number of aliphatic hydroxyl groups is 1. The maximum Gasteiger partial charge on any atom is 0.309 e. The summed E-state index contributed by atoms with van der Waals surface area (Å²) < 4.78 is 13.7. The first kappa shape index (κ1) is 25.1. The van der Waals surface area contributed by atoms with E-state index in [2.05, 4.69) is 21.3 Å². The van der Waals surface area contributed by atoms with Crippen LogP contribution in [-0.2, 0) is 24.0 Å². The standard InChI is InChI=1S/C22H33FN4O6/c1-20(2,3)7-14(26-18(32)19(33)27-22-9-21(23,10-22)11-22)17(31)25-13(15(29)8-28)6-12-4-5-24-16(12)30/h12-14,28H,4-11H2,1-3H3,(H,24,30)(H,25,31)(H,26,32)(H,27,33)/t12-,13-,14-,21?,22?/m0/s1. The predicted molar refractivity (Wildman–Crippen MR) is 114 cm³/mol. The third-order valence-corrected chi connectivity index (χ3v) is 6.53. The smallest absolute Gasteiger partial charge is 0.309 e. The van der Waals surface area contributed by atoms with E-state index in [-0.39, 0.29) is 38.0 Å². The molecule has 0 unspecified atom stereocenters. The fourth-order valence-corrected chi connectivity index (χ4v) is 4.95. The molecule has 4 rings (SSSR count). The van der Waals surface area contributed by atoms with E-state index in [1.807, 2.05) is 20.8 Å². The maximum atomic E-state index is 13.7. The van der Waals surface area contributed by atoms with Crippen LogP contribution in [0, 0.1) is 11.3 Å². The third-order valence-electron chi connectivity index (χ3n) is 6.53. The molecule has 1 heterocycles. The average molecular weight is 469 g/mol. The van der Waals surface area contributed by atoms with E-state index in [0.717, 1.165) is 0 Å². The van der Waals surface area contributed by atoms with Gasteiger partial charge in [0.25, 0.3) is 0 Å². The van der Waals surface area contributed by atoms with Gasteiger partial charge in [-0.15, -0.1) is 0 Å². The molecule has 2 bridgehead atoms. The zero-order chi connectivity index (χ0) is 24.6. The first-order chi connectivity index (χ1) is 15.2. The number of halogens is 1. The number of carbonyl (C=O) groups is 5. The minimum atomic E-state index is -1.23. The SMILES string of the molecule is CC(C)(C)C[C@H](NC(=O)C(=O)NC12CC(F)(C1)C2)C(=O)N[C@@H](C[C@@H]1CCNC1=O)C(=O)CO. The zero-order valence-corrected chi connectivity index (χ0v) is 19.3. The van der Waals surface area contributed by atoms with E-state index < -0.39 is 64.7 Å². The molecule has 1 aliphatic heterocycles. The predicted octanol–water partition coefficient (Wildman–Crippen LogP) is -0.759. The van der Waals surface area contributed by atoms with E-state index in [1.165, 1.54) is 0 Å². The number of ketones is 1. The Morgan fingerprint density at radius 1 is 1.12 bits per heavy atom. The Labute approximate surface area is 191 Å². The highest BCUT2D eigenvalue weighted by Crippen LogP contribution is 2.62. The third kappa shape index (κ3) is 5.87. The number of aliphatic hydroxyl groups excluding tert-OH is 1. The van der Waals surface area contributed by atoms with E-state index >= 15 is 0 Å². The van der Waals surface area contributed by atoms with Gasteiger partial charge in [-0.25, -0.2) is 4.39 Å². The minimum Gasteiger partial charge on any atom is -0.389 e. The van der Waals surface area contributed by atoms with Crippen LogP contribution < -0.4 is 21.3 Å². The number of carbonyl (C=O) groups excluding carboxylic acids is 5. The first-order valence-corrected chi connectivity index (χ1v) is 11.3. The van der Waals surface area contributed by atoms with Crippen LogP contribution in [0.2, 0.25) is 0 Å². The van der Waals surface area contributed by atoms with Crippen molar-refractivity contribution in [2.45, 2.75) is 82.6 Å². The lowest BCUT2D eigenvalue weighted by Gasteiger charge is -2.65. The largest absolute Gasteiger partial charge is 0.389 e. The number of alkyl halides is 1. The van der Waals surface area contributed by atoms with Crippen molar-refractivity contribution < 1.29 is 33.5 Å². The molecule has 3 atom stereocenters. The van der Waals surface area contributed by atoms with Crippen LogP contribution in [0.15, 0.2) is 0 Å². The summed E-state index contributed by atoms with van der Waals surface area (Å²) in [6, 6.07) is -2.23. The average Bonchev–Trinajstić information content (AvgIpc) is 3.07. The Bertz CT molecular complexity index is 835. The summed E-state index contributed by atoms with van der Waals surface area (Å²) >= 11 is 0. The number of amides is 4. The molecule has 33 heavy (non-hydrogen) atoms. The molecular weight excluding hydrogens is 435 g/mol. The van der Waals surface area contributed by atoms with E-state index in [9.17, 15) is 33.5 Å². The summed E-state index contributed by atoms with van der Waals surface area (Å²) in [5.41, 5.74) is -2.32. The fourth-order valence-electron chi connectivity index (χ4n) is 4.95. The van der Waals surface area contributed by atoms with Crippen LogP contribution in [0.4, 0.5) is 4.39 Å². The number of Topliss-reactive ketones (excluding diaryl/α,β-unsaturated/α-hetero) is 1. The first-order valence-electron chi connectivity index (χ1n) is 11.3. The Morgan fingerprint density at radius 3 is 2.24 bits per heavy atom. The molecule has 3 saturated carbocycles. The summed E-state index contributed by atoms with van der Waals surface area (Å²) in [6.07, 6.45) is 1.26. The summed E-state index contributed by atoms with van der Waals surface area (Å²) in [6.45, 7) is 5.21. The molecule has 184 valence electrons. The molecule has 0 spiro atoms. The van der Waals surface area contributed by atoms with Crippen molar-refractivity contribution in [1.82, 2.24) is 21.3 Å². The van der Waals surface area contributed by atoms with Gasteiger partial charge in [-0.2, -0.15) is 0 Å². The lowest BCUT2D eigenvalue weighted by molar-refractivity contribution is -0.177. The van der Waals surface area contributed by atoms with Gasteiger partial charge in [-0.1, -0.05) is 20.8 Å². The van der Waals surface area contributed by atoms with Gasteiger partial charge in [0.15, 0.2) is 5.78 Å². The molecule has 5 N–H and O–H groups in total. The van der Waals surface area contributed by atoms with Gasteiger partial charge < -0.3 is 26.4 Å². The van der Waals surface area contributed by atoms with Crippen molar-refractivity contribution in [1.29, 1.82) is 0 Å². The van der Waals surface area contributed by atoms with E-state index in [0.29, 0.717) is 13.0 Å². The second-order valence-electron chi connectivity index (χ2n) is 10.9. The van der Waals surface area contributed by atoms with Crippen molar-refractivity contribution in [3.05, 3.63) is 0 Å². The molecule has 0 aromatic rings. The fraction of sp³-hybridized carbons (Fsp3) is 0.773. The lowest BCUT2D eigenvalue weighted by atomic mass is 9.47. The van der Waals surface area contributed by atoms with Crippen molar-refractivity contribution in [3.63, 3.8) is 0 Å². The number of hydrogen-bond donors (Lipinski definition) is 5. The molecular formula is C22H33FN4O6. The molecule has 3 aliphatic carbocycles. The van der Waals surface area contributed by atoms with Crippen molar-refractivity contribution in [2.75, 3.05) is 13.2 Å². The van der Waals surface area contributed by atoms with Gasteiger partial charge in [0.05, 0.1) is 6.04 Å². The molecule has 0 aromatic carbocycles. The Kier molecular flexibility index (Phi) is 6.84. The van der Waals surface area contributed by atoms with Crippen LogP contribution >= 0.6 is 0 Å². The van der Waals surface area contributed by atoms with Crippen LogP contribution in [0.1, 0.15) is 59.3 Å². The monoisotopic (exact) mass is 468 g/mol. The minimum absolute atomic E-state index is 0.0289. The molecule has 4 aliphatic rings. The number of rotatable bonds is 9. The number of hydrogen-bond acceptors (Lipinski definition) is 6. The maximum absolute atomic E-state index is 13.7. The molecule has 4 fully saturated rings.